The molecule has 1 aromatic heterocycles. The Balaban J connectivity index is 2.07. The van der Waals surface area contributed by atoms with Crippen LogP contribution in [0.25, 0.3) is 0 Å². The van der Waals surface area contributed by atoms with E-state index in [4.69, 9.17) is 16.3 Å². The number of nitrogens with zero attached hydrogens (tertiary/aromatic N) is 4. The van der Waals surface area contributed by atoms with Crippen molar-refractivity contribution in [2.75, 3.05) is 57.9 Å². The van der Waals surface area contributed by atoms with Crippen molar-refractivity contribution in [3.63, 3.8) is 0 Å². The molecule has 1 fully saturated rings. The predicted octanol–water partition coefficient (Wildman–Crippen LogP) is 1.51. The normalized spacial score (nSPS) is 14.3. The van der Waals surface area contributed by atoms with Gasteiger partial charge in [0.2, 0.25) is 5.91 Å². The Morgan fingerprint density at radius 3 is 2.48 bits per heavy atom. The van der Waals surface area contributed by atoms with E-state index < -0.39 is 0 Å². The molecule has 0 atom stereocenters. The first-order valence-electron chi connectivity index (χ1n) is 8.49. The largest absolute Gasteiger partial charge is 0.378 e. The number of anilines is 1. The molecule has 0 bridgehead atoms. The second-order valence-electron chi connectivity index (χ2n) is 5.86. The van der Waals surface area contributed by atoms with Gasteiger partial charge in [-0.15, -0.1) is 0 Å². The van der Waals surface area contributed by atoms with Crippen LogP contribution in [0.2, 0.25) is 5.02 Å². The fraction of sp³-hybridized carbons (Fsp3) is 0.588. The summed E-state index contributed by atoms with van der Waals surface area (Å²) in [6.07, 6.45) is 1.51. The van der Waals surface area contributed by atoms with Gasteiger partial charge in [-0.1, -0.05) is 11.6 Å². The third-order valence-corrected chi connectivity index (χ3v) is 4.50. The van der Waals surface area contributed by atoms with Gasteiger partial charge in [-0.05, 0) is 19.9 Å². The number of pyridine rings is 1. The van der Waals surface area contributed by atoms with Crippen LogP contribution in [0.3, 0.4) is 0 Å². The third-order valence-electron chi connectivity index (χ3n) is 4.22. The first-order valence-corrected chi connectivity index (χ1v) is 8.87. The average Bonchev–Trinajstić information content (AvgIpc) is 2.62. The lowest BCUT2D eigenvalue weighted by atomic mass is 10.2. The number of hydrogen-bond donors (Lipinski definition) is 0. The highest BCUT2D eigenvalue weighted by atomic mass is 35.5. The summed E-state index contributed by atoms with van der Waals surface area (Å²) < 4.78 is 5.26. The first-order chi connectivity index (χ1) is 12.0. The van der Waals surface area contributed by atoms with E-state index in [1.807, 2.05) is 13.8 Å². The molecule has 2 rings (SSSR count). The van der Waals surface area contributed by atoms with Crippen LogP contribution in [0.1, 0.15) is 24.2 Å². The Morgan fingerprint density at radius 2 is 1.92 bits per heavy atom. The van der Waals surface area contributed by atoms with Crippen molar-refractivity contribution < 1.29 is 14.3 Å². The number of likely N-dealkylation sites (N-methyl/N-ethyl adjacent to an activating group) is 2. The van der Waals surface area contributed by atoms with Gasteiger partial charge in [-0.3, -0.25) is 9.59 Å². The van der Waals surface area contributed by atoms with E-state index in [-0.39, 0.29) is 18.4 Å². The number of carbonyl (C=O) groups excluding carboxylic acids is 2. The predicted molar refractivity (Wildman–Crippen MR) is 97.2 cm³/mol. The topological polar surface area (TPSA) is 66.0 Å². The molecule has 0 aromatic carbocycles. The minimum Gasteiger partial charge on any atom is -0.378 e. The zero-order valence-corrected chi connectivity index (χ0v) is 15.8. The lowest BCUT2D eigenvalue weighted by molar-refractivity contribution is -0.129. The molecular formula is C17H25ClN4O3. The van der Waals surface area contributed by atoms with Crippen molar-refractivity contribution in [3.8, 4) is 0 Å². The highest BCUT2D eigenvalue weighted by molar-refractivity contribution is 6.33. The molecule has 1 aromatic rings. The molecule has 0 saturated carbocycles. The lowest BCUT2D eigenvalue weighted by Gasteiger charge is -2.27. The number of hydrogen-bond acceptors (Lipinski definition) is 5. The Kier molecular flexibility index (Phi) is 7.01. The second-order valence-corrected chi connectivity index (χ2v) is 6.26. The smallest absolute Gasteiger partial charge is 0.255 e. The van der Waals surface area contributed by atoms with Crippen molar-refractivity contribution >= 4 is 29.2 Å². The number of rotatable bonds is 6. The van der Waals surface area contributed by atoms with Gasteiger partial charge in [0.25, 0.3) is 5.91 Å². The molecule has 2 heterocycles. The molecule has 0 spiro atoms. The Hall–Kier alpha value is -1.86. The maximum absolute atomic E-state index is 12.5. The minimum atomic E-state index is -0.105. The van der Waals surface area contributed by atoms with Crippen LogP contribution in [-0.2, 0) is 9.53 Å². The summed E-state index contributed by atoms with van der Waals surface area (Å²) in [6, 6.07) is 1.61. The molecule has 7 nitrogen and oxygen atoms in total. The molecule has 0 unspecified atom stereocenters. The summed E-state index contributed by atoms with van der Waals surface area (Å²) >= 11 is 6.31. The molecule has 0 aliphatic carbocycles. The van der Waals surface area contributed by atoms with Crippen molar-refractivity contribution in [1.82, 2.24) is 14.8 Å². The van der Waals surface area contributed by atoms with Gasteiger partial charge < -0.3 is 19.4 Å². The first kappa shape index (κ1) is 19.5. The number of ether oxygens (including phenoxy) is 1. The van der Waals surface area contributed by atoms with E-state index in [2.05, 4.69) is 4.98 Å². The van der Waals surface area contributed by atoms with E-state index in [1.165, 1.54) is 6.20 Å². The van der Waals surface area contributed by atoms with Gasteiger partial charge in [0.1, 0.15) is 5.82 Å². The molecule has 1 aliphatic heterocycles. The molecule has 0 radical (unpaired) electrons. The highest BCUT2D eigenvalue weighted by Crippen LogP contribution is 2.24. The number of morpholine rings is 1. The van der Waals surface area contributed by atoms with Gasteiger partial charge >= 0.3 is 0 Å². The van der Waals surface area contributed by atoms with E-state index in [1.54, 1.807) is 27.8 Å². The molecule has 1 aliphatic rings. The molecule has 8 heteroatoms. The Morgan fingerprint density at radius 1 is 1.28 bits per heavy atom. The second kappa shape index (κ2) is 9.01. The summed E-state index contributed by atoms with van der Waals surface area (Å²) in [5.74, 6) is 0.394. The van der Waals surface area contributed by atoms with Crippen molar-refractivity contribution in [2.45, 2.75) is 13.8 Å². The van der Waals surface area contributed by atoms with Crippen molar-refractivity contribution in [2.24, 2.45) is 0 Å². The minimum absolute atomic E-state index is 0.0128. The molecule has 0 N–H and O–H groups in total. The molecule has 2 amide bonds. The number of amides is 2. The zero-order valence-electron chi connectivity index (χ0n) is 15.0. The lowest BCUT2D eigenvalue weighted by Crippen LogP contribution is -2.41. The maximum atomic E-state index is 12.5. The standard InChI is InChI=1S/C17H25ClN4O3/c1-4-21(5-2)15(23)12-20(3)16-14(18)10-13(11-19-16)17(24)22-6-8-25-9-7-22/h10-11H,4-9,12H2,1-3H3. The summed E-state index contributed by atoms with van der Waals surface area (Å²) in [4.78, 5) is 34.2. The van der Waals surface area contributed by atoms with Crippen LogP contribution in [0.15, 0.2) is 12.3 Å². The van der Waals surface area contributed by atoms with E-state index in [0.29, 0.717) is 55.8 Å². The quantitative estimate of drug-likeness (QED) is 0.761. The molecule has 1 saturated heterocycles. The van der Waals surface area contributed by atoms with Crippen molar-refractivity contribution in [1.29, 1.82) is 0 Å². The van der Waals surface area contributed by atoms with Gasteiger partial charge in [-0.25, -0.2) is 4.98 Å². The molecule has 138 valence electrons. The molecular weight excluding hydrogens is 344 g/mol. The van der Waals surface area contributed by atoms with E-state index >= 15 is 0 Å². The summed E-state index contributed by atoms with van der Waals surface area (Å²) in [5, 5.41) is 0.356. The summed E-state index contributed by atoms with van der Waals surface area (Å²) in [7, 11) is 1.76. The summed E-state index contributed by atoms with van der Waals surface area (Å²) in [6.45, 7) is 7.62. The fourth-order valence-corrected chi connectivity index (χ4v) is 3.04. The van der Waals surface area contributed by atoms with Gasteiger partial charge in [0.15, 0.2) is 0 Å². The van der Waals surface area contributed by atoms with Gasteiger partial charge in [-0.2, -0.15) is 0 Å². The summed E-state index contributed by atoms with van der Waals surface area (Å²) in [5.41, 5.74) is 0.444. The van der Waals surface area contributed by atoms with E-state index in [0.717, 1.165) is 0 Å². The van der Waals surface area contributed by atoms with Crippen LogP contribution in [0.4, 0.5) is 5.82 Å². The van der Waals surface area contributed by atoms with Crippen LogP contribution in [-0.4, -0.2) is 79.6 Å². The Bertz CT molecular complexity index is 616. The maximum Gasteiger partial charge on any atom is 0.255 e. The fourth-order valence-electron chi connectivity index (χ4n) is 2.73. The SMILES string of the molecule is CCN(CC)C(=O)CN(C)c1ncc(C(=O)N2CCOCC2)cc1Cl. The van der Waals surface area contributed by atoms with Crippen LogP contribution in [0.5, 0.6) is 0 Å². The molecule has 25 heavy (non-hydrogen) atoms. The van der Waals surface area contributed by atoms with Gasteiger partial charge in [0.05, 0.1) is 30.3 Å². The Labute approximate surface area is 153 Å². The average molecular weight is 369 g/mol. The monoisotopic (exact) mass is 368 g/mol. The van der Waals surface area contributed by atoms with Crippen LogP contribution in [0, 0.1) is 0 Å². The van der Waals surface area contributed by atoms with Crippen LogP contribution < -0.4 is 4.90 Å². The number of carbonyl (C=O) groups is 2. The zero-order chi connectivity index (χ0) is 18.4. The van der Waals surface area contributed by atoms with Crippen LogP contribution >= 0.6 is 11.6 Å². The highest BCUT2D eigenvalue weighted by Gasteiger charge is 2.21. The number of aromatic nitrogens is 1. The third kappa shape index (κ3) is 4.83. The van der Waals surface area contributed by atoms with E-state index in [9.17, 15) is 9.59 Å². The van der Waals surface area contributed by atoms with Crippen molar-refractivity contribution in [3.05, 3.63) is 22.8 Å². The van der Waals surface area contributed by atoms with Gasteiger partial charge in [0, 0.05) is 39.4 Å². The number of halogens is 1.